The van der Waals surface area contributed by atoms with E-state index in [2.05, 4.69) is 34.0 Å². The fourth-order valence-corrected chi connectivity index (χ4v) is 2.87. The van der Waals surface area contributed by atoms with Crippen LogP contribution in [-0.2, 0) is 11.3 Å². The van der Waals surface area contributed by atoms with Crippen molar-refractivity contribution < 1.29 is 14.2 Å². The largest absolute Gasteiger partial charge is 0.493 e. The Bertz CT molecular complexity index is 399. The van der Waals surface area contributed by atoms with Gasteiger partial charge in [-0.1, -0.05) is 0 Å². The molecule has 1 rings (SSSR count). The minimum Gasteiger partial charge on any atom is -0.493 e. The Morgan fingerprint density at radius 1 is 1.05 bits per heavy atom. The topological polar surface area (TPSA) is 39.7 Å². The van der Waals surface area contributed by atoms with Crippen LogP contribution < -0.4 is 14.8 Å². The molecule has 0 atom stereocenters. The predicted octanol–water partition coefficient (Wildman–Crippen LogP) is 3.21. The maximum absolute atomic E-state index is 5.36. The summed E-state index contributed by atoms with van der Waals surface area (Å²) >= 11 is 2.27. The summed E-state index contributed by atoms with van der Waals surface area (Å²) in [6, 6.07) is 4.15. The summed E-state index contributed by atoms with van der Waals surface area (Å²) < 4.78 is 16.8. The Morgan fingerprint density at radius 3 is 2.50 bits per heavy atom. The summed E-state index contributed by atoms with van der Waals surface area (Å²) in [4.78, 5) is 0. The van der Waals surface area contributed by atoms with Crippen molar-refractivity contribution in [3.05, 3.63) is 21.3 Å². The van der Waals surface area contributed by atoms with Crippen molar-refractivity contribution in [3.8, 4) is 11.5 Å². The fourth-order valence-electron chi connectivity index (χ4n) is 1.98. The smallest absolute Gasteiger partial charge is 0.174 e. The molecule has 0 saturated heterocycles. The van der Waals surface area contributed by atoms with Gasteiger partial charge in [-0.15, -0.1) is 0 Å². The predicted molar refractivity (Wildman–Crippen MR) is 89.7 cm³/mol. The number of rotatable bonds is 10. The molecule has 0 saturated carbocycles. The van der Waals surface area contributed by atoms with Crippen LogP contribution in [0.25, 0.3) is 0 Å². The van der Waals surface area contributed by atoms with Crippen LogP contribution in [-0.4, -0.2) is 34.5 Å². The first-order valence-corrected chi connectivity index (χ1v) is 7.90. The molecule has 0 aliphatic heterocycles. The van der Waals surface area contributed by atoms with Crippen molar-refractivity contribution in [1.82, 2.24) is 5.32 Å². The van der Waals surface area contributed by atoms with Gasteiger partial charge in [0.05, 0.1) is 17.8 Å². The second-order valence-corrected chi connectivity index (χ2v) is 5.71. The molecule has 20 heavy (non-hydrogen) atoms. The lowest BCUT2D eigenvalue weighted by Gasteiger charge is -2.12. The van der Waals surface area contributed by atoms with E-state index in [0.29, 0.717) is 0 Å². The van der Waals surface area contributed by atoms with E-state index < -0.39 is 0 Å². The molecular formula is C15H24INO3. The number of benzene rings is 1. The lowest BCUT2D eigenvalue weighted by atomic mass is 10.2. The average Bonchev–Trinajstić information content (AvgIpc) is 2.45. The molecule has 0 aliphatic carbocycles. The zero-order valence-electron chi connectivity index (χ0n) is 12.5. The van der Waals surface area contributed by atoms with E-state index >= 15 is 0 Å². The Kier molecular flexibility index (Phi) is 8.97. The van der Waals surface area contributed by atoms with E-state index in [1.165, 1.54) is 18.4 Å². The minimum atomic E-state index is 0.788. The monoisotopic (exact) mass is 393 g/mol. The molecule has 1 aromatic carbocycles. The number of ether oxygens (including phenoxy) is 3. The molecule has 0 amide bonds. The van der Waals surface area contributed by atoms with Gasteiger partial charge in [-0.3, -0.25) is 0 Å². The van der Waals surface area contributed by atoms with Crippen molar-refractivity contribution in [2.24, 2.45) is 0 Å². The van der Waals surface area contributed by atoms with E-state index in [9.17, 15) is 0 Å². The van der Waals surface area contributed by atoms with Gasteiger partial charge in [0.25, 0.3) is 0 Å². The lowest BCUT2D eigenvalue weighted by Crippen LogP contribution is -2.15. The number of nitrogens with one attached hydrogen (secondary N) is 1. The SMILES string of the molecule is COCCCCCNCc1cc(I)c(OC)c(OC)c1. The van der Waals surface area contributed by atoms with Crippen molar-refractivity contribution in [2.75, 3.05) is 34.5 Å². The summed E-state index contributed by atoms with van der Waals surface area (Å²) in [7, 11) is 5.08. The molecule has 1 aromatic rings. The van der Waals surface area contributed by atoms with Gasteiger partial charge >= 0.3 is 0 Å². The molecular weight excluding hydrogens is 369 g/mol. The summed E-state index contributed by atoms with van der Waals surface area (Å²) in [5.74, 6) is 1.59. The zero-order chi connectivity index (χ0) is 14.8. The normalized spacial score (nSPS) is 10.6. The standard InChI is InChI=1S/C15H24INO3/c1-18-8-6-4-5-7-17-11-12-9-13(16)15(20-3)14(10-12)19-2/h9-10,17H,4-8,11H2,1-3H3. The van der Waals surface area contributed by atoms with E-state index in [-0.39, 0.29) is 0 Å². The van der Waals surface area contributed by atoms with Crippen LogP contribution in [0.1, 0.15) is 24.8 Å². The zero-order valence-corrected chi connectivity index (χ0v) is 14.7. The summed E-state index contributed by atoms with van der Waals surface area (Å²) in [6.07, 6.45) is 3.50. The van der Waals surface area contributed by atoms with Gasteiger partial charge in [-0.25, -0.2) is 0 Å². The molecule has 5 heteroatoms. The van der Waals surface area contributed by atoms with Gasteiger partial charge in [0.15, 0.2) is 11.5 Å². The van der Waals surface area contributed by atoms with E-state index in [1.54, 1.807) is 21.3 Å². The Labute approximate surface area is 135 Å². The lowest BCUT2D eigenvalue weighted by molar-refractivity contribution is 0.192. The third-order valence-corrected chi connectivity index (χ3v) is 3.83. The minimum absolute atomic E-state index is 0.788. The van der Waals surface area contributed by atoms with Crippen LogP contribution in [0.5, 0.6) is 11.5 Å². The molecule has 114 valence electrons. The number of hydrogen-bond acceptors (Lipinski definition) is 4. The molecule has 0 unspecified atom stereocenters. The third kappa shape index (κ3) is 5.85. The Morgan fingerprint density at radius 2 is 1.85 bits per heavy atom. The maximum atomic E-state index is 5.36. The highest BCUT2D eigenvalue weighted by Crippen LogP contribution is 2.33. The molecule has 0 aliphatic rings. The quantitative estimate of drug-likeness (QED) is 0.490. The van der Waals surface area contributed by atoms with Crippen LogP contribution in [0.15, 0.2) is 12.1 Å². The highest BCUT2D eigenvalue weighted by Gasteiger charge is 2.09. The van der Waals surface area contributed by atoms with Crippen LogP contribution in [0.2, 0.25) is 0 Å². The molecule has 0 heterocycles. The van der Waals surface area contributed by atoms with E-state index in [0.717, 1.165) is 41.2 Å². The van der Waals surface area contributed by atoms with Crippen LogP contribution in [0.4, 0.5) is 0 Å². The second-order valence-electron chi connectivity index (χ2n) is 4.54. The van der Waals surface area contributed by atoms with Gasteiger partial charge < -0.3 is 19.5 Å². The summed E-state index contributed by atoms with van der Waals surface area (Å²) in [5, 5.41) is 3.45. The maximum Gasteiger partial charge on any atom is 0.174 e. The number of halogens is 1. The number of methoxy groups -OCH3 is 3. The molecule has 0 radical (unpaired) electrons. The van der Waals surface area contributed by atoms with Crippen molar-refractivity contribution in [2.45, 2.75) is 25.8 Å². The van der Waals surface area contributed by atoms with Gasteiger partial charge in [-0.05, 0) is 66.1 Å². The van der Waals surface area contributed by atoms with Gasteiger partial charge in [0.2, 0.25) is 0 Å². The van der Waals surface area contributed by atoms with E-state index in [1.807, 2.05) is 6.07 Å². The van der Waals surface area contributed by atoms with Crippen LogP contribution >= 0.6 is 22.6 Å². The second kappa shape index (κ2) is 10.2. The van der Waals surface area contributed by atoms with E-state index in [4.69, 9.17) is 14.2 Å². The first kappa shape index (κ1) is 17.5. The summed E-state index contributed by atoms with van der Waals surface area (Å²) in [6.45, 7) is 2.73. The molecule has 4 nitrogen and oxygen atoms in total. The van der Waals surface area contributed by atoms with Gasteiger partial charge in [0.1, 0.15) is 0 Å². The van der Waals surface area contributed by atoms with Crippen molar-refractivity contribution >= 4 is 22.6 Å². The first-order valence-electron chi connectivity index (χ1n) is 6.83. The molecule has 0 aromatic heterocycles. The average molecular weight is 393 g/mol. The molecule has 0 bridgehead atoms. The van der Waals surface area contributed by atoms with Crippen molar-refractivity contribution in [1.29, 1.82) is 0 Å². The Hall–Kier alpha value is -0.530. The van der Waals surface area contributed by atoms with Gasteiger partial charge in [-0.2, -0.15) is 0 Å². The highest BCUT2D eigenvalue weighted by molar-refractivity contribution is 14.1. The first-order chi connectivity index (χ1) is 9.72. The van der Waals surface area contributed by atoms with Crippen LogP contribution in [0.3, 0.4) is 0 Å². The van der Waals surface area contributed by atoms with Gasteiger partial charge in [0, 0.05) is 20.3 Å². The molecule has 0 fully saturated rings. The van der Waals surface area contributed by atoms with Crippen LogP contribution in [0, 0.1) is 3.57 Å². The molecule has 0 spiro atoms. The Balaban J connectivity index is 2.39. The van der Waals surface area contributed by atoms with Crippen molar-refractivity contribution in [3.63, 3.8) is 0 Å². The highest BCUT2D eigenvalue weighted by atomic mass is 127. The number of hydrogen-bond donors (Lipinski definition) is 1. The fraction of sp³-hybridized carbons (Fsp3) is 0.600. The number of unbranched alkanes of at least 4 members (excludes halogenated alkanes) is 2. The summed E-state index contributed by atoms with van der Waals surface area (Å²) in [5.41, 5.74) is 1.21. The molecule has 1 N–H and O–H groups in total. The third-order valence-electron chi connectivity index (χ3n) is 3.02.